The summed E-state index contributed by atoms with van der Waals surface area (Å²) in [7, 11) is 1.52. The summed E-state index contributed by atoms with van der Waals surface area (Å²) in [5, 5.41) is 9.27. The molecule has 1 atom stereocenters. The van der Waals surface area contributed by atoms with Crippen molar-refractivity contribution in [2.24, 2.45) is 5.92 Å². The molecule has 0 amide bonds. The monoisotopic (exact) mass is 251 g/mol. The van der Waals surface area contributed by atoms with Crippen molar-refractivity contribution in [1.82, 2.24) is 0 Å². The fraction of sp³-hybridized carbons (Fsp3) is 0.385. The van der Waals surface area contributed by atoms with Gasteiger partial charge < -0.3 is 4.74 Å². The van der Waals surface area contributed by atoms with E-state index in [1.165, 1.54) is 7.11 Å². The second-order valence-electron chi connectivity index (χ2n) is 3.76. The molecule has 0 N–H and O–H groups in total. The van der Waals surface area contributed by atoms with Gasteiger partial charge in [-0.1, -0.05) is 18.5 Å². The molecule has 0 heterocycles. The Morgan fingerprint density at radius 1 is 1.59 bits per heavy atom. The molecule has 0 aromatic heterocycles. The second-order valence-corrected chi connectivity index (χ2v) is 4.16. The van der Waals surface area contributed by atoms with Crippen LogP contribution >= 0.6 is 11.6 Å². The molecule has 0 saturated heterocycles. The minimum atomic E-state index is -0.613. The van der Waals surface area contributed by atoms with Gasteiger partial charge in [-0.2, -0.15) is 5.26 Å². The molecule has 0 spiro atoms. The summed E-state index contributed by atoms with van der Waals surface area (Å²) in [6.45, 7) is 3.61. The Hall–Kier alpha value is -1.53. The number of hydrogen-bond donors (Lipinski definition) is 0. The lowest BCUT2D eigenvalue weighted by atomic mass is 9.93. The number of rotatable bonds is 4. The summed E-state index contributed by atoms with van der Waals surface area (Å²) in [6, 6.07) is 5.28. The molecular formula is C13H14ClNO2. The van der Waals surface area contributed by atoms with Gasteiger partial charge in [0.25, 0.3) is 0 Å². The number of carbonyl (C=O) groups excluding carboxylic acids is 1. The van der Waals surface area contributed by atoms with E-state index < -0.39 is 5.92 Å². The van der Waals surface area contributed by atoms with Crippen molar-refractivity contribution >= 4 is 17.4 Å². The molecule has 90 valence electrons. The predicted octanol–water partition coefficient (Wildman–Crippen LogP) is 3.39. The number of ether oxygens (including phenoxy) is 1. The number of methoxy groups -OCH3 is 1. The molecular weight excluding hydrogens is 238 g/mol. The summed E-state index contributed by atoms with van der Waals surface area (Å²) < 4.78 is 5.07. The molecule has 0 fully saturated rings. The van der Waals surface area contributed by atoms with Gasteiger partial charge in [0.2, 0.25) is 0 Å². The van der Waals surface area contributed by atoms with Crippen LogP contribution in [0.1, 0.15) is 29.3 Å². The van der Waals surface area contributed by atoms with Crippen molar-refractivity contribution < 1.29 is 9.53 Å². The topological polar surface area (TPSA) is 50.1 Å². The van der Waals surface area contributed by atoms with Gasteiger partial charge in [-0.15, -0.1) is 0 Å². The van der Waals surface area contributed by atoms with E-state index in [4.69, 9.17) is 21.6 Å². The standard InChI is InChI=1S/C13H14ClNO2/c1-4-9(7-15)13(16)10-6-11(14)12(17-3)5-8(10)2/h5-6,9H,4H2,1-3H3. The minimum Gasteiger partial charge on any atom is -0.495 e. The molecule has 0 bridgehead atoms. The van der Waals surface area contributed by atoms with Crippen molar-refractivity contribution in [1.29, 1.82) is 5.26 Å². The number of halogens is 1. The molecule has 0 aliphatic carbocycles. The molecule has 1 rings (SSSR count). The van der Waals surface area contributed by atoms with Gasteiger partial charge in [-0.3, -0.25) is 4.79 Å². The molecule has 0 saturated carbocycles. The van der Waals surface area contributed by atoms with Crippen molar-refractivity contribution in [2.75, 3.05) is 7.11 Å². The Bertz CT molecular complexity index is 477. The average molecular weight is 252 g/mol. The maximum Gasteiger partial charge on any atom is 0.180 e. The van der Waals surface area contributed by atoms with Gasteiger partial charge in [0.15, 0.2) is 5.78 Å². The van der Waals surface area contributed by atoms with Crippen LogP contribution in [0.5, 0.6) is 5.75 Å². The smallest absolute Gasteiger partial charge is 0.180 e. The van der Waals surface area contributed by atoms with Gasteiger partial charge >= 0.3 is 0 Å². The number of ketones is 1. The van der Waals surface area contributed by atoms with E-state index in [1.54, 1.807) is 19.1 Å². The van der Waals surface area contributed by atoms with Crippen LogP contribution in [0.3, 0.4) is 0 Å². The third-order valence-electron chi connectivity index (χ3n) is 2.64. The molecule has 1 aromatic carbocycles. The molecule has 0 aliphatic rings. The van der Waals surface area contributed by atoms with Crippen LogP contribution in [-0.2, 0) is 0 Å². The molecule has 1 aromatic rings. The van der Waals surface area contributed by atoms with Crippen LogP contribution < -0.4 is 4.74 Å². The van der Waals surface area contributed by atoms with Crippen LogP contribution in [0.2, 0.25) is 5.02 Å². The Labute approximate surface area is 106 Å². The molecule has 3 nitrogen and oxygen atoms in total. The fourth-order valence-electron chi connectivity index (χ4n) is 1.60. The van der Waals surface area contributed by atoms with Crippen LogP contribution in [-0.4, -0.2) is 12.9 Å². The quantitative estimate of drug-likeness (QED) is 0.771. The van der Waals surface area contributed by atoms with Crippen molar-refractivity contribution in [3.8, 4) is 11.8 Å². The maximum absolute atomic E-state index is 12.1. The normalized spacial score (nSPS) is 11.7. The number of carbonyl (C=O) groups is 1. The lowest BCUT2D eigenvalue weighted by molar-refractivity contribution is 0.0946. The van der Waals surface area contributed by atoms with Crippen molar-refractivity contribution in [2.45, 2.75) is 20.3 Å². The zero-order valence-corrected chi connectivity index (χ0v) is 10.8. The third kappa shape index (κ3) is 2.78. The lowest BCUT2D eigenvalue weighted by Gasteiger charge is -2.11. The Morgan fingerprint density at radius 3 is 2.71 bits per heavy atom. The molecule has 0 radical (unpaired) electrons. The number of benzene rings is 1. The summed E-state index contributed by atoms with van der Waals surface area (Å²) in [5.74, 6) is -0.263. The summed E-state index contributed by atoms with van der Waals surface area (Å²) in [6.07, 6.45) is 0.498. The molecule has 1 unspecified atom stereocenters. The highest BCUT2D eigenvalue weighted by Crippen LogP contribution is 2.29. The number of nitrogens with zero attached hydrogens (tertiary/aromatic N) is 1. The van der Waals surface area contributed by atoms with Crippen molar-refractivity contribution in [3.63, 3.8) is 0 Å². The summed E-state index contributed by atoms with van der Waals surface area (Å²) >= 11 is 5.98. The van der Waals surface area contributed by atoms with Gasteiger partial charge in [0, 0.05) is 5.56 Å². The highest BCUT2D eigenvalue weighted by molar-refractivity contribution is 6.32. The van der Waals surface area contributed by atoms with E-state index in [9.17, 15) is 4.79 Å². The highest BCUT2D eigenvalue weighted by Gasteiger charge is 2.20. The van der Waals surface area contributed by atoms with Crippen LogP contribution in [0, 0.1) is 24.2 Å². The zero-order chi connectivity index (χ0) is 13.0. The van der Waals surface area contributed by atoms with E-state index in [1.807, 2.05) is 13.0 Å². The van der Waals surface area contributed by atoms with Gasteiger partial charge in [0.05, 0.1) is 18.2 Å². The number of nitriles is 1. The zero-order valence-electron chi connectivity index (χ0n) is 10.1. The van der Waals surface area contributed by atoms with E-state index >= 15 is 0 Å². The Kier molecular flexibility index (Phi) is 4.53. The fourth-order valence-corrected chi connectivity index (χ4v) is 1.84. The largest absolute Gasteiger partial charge is 0.495 e. The first-order valence-electron chi connectivity index (χ1n) is 5.33. The van der Waals surface area contributed by atoms with Crippen LogP contribution in [0.15, 0.2) is 12.1 Å². The number of aryl methyl sites for hydroxylation is 1. The van der Waals surface area contributed by atoms with Gasteiger partial charge in [-0.25, -0.2) is 0 Å². The summed E-state index contributed by atoms with van der Waals surface area (Å²) in [5.41, 5.74) is 1.26. The van der Waals surface area contributed by atoms with E-state index in [-0.39, 0.29) is 5.78 Å². The average Bonchev–Trinajstić information content (AvgIpc) is 2.32. The van der Waals surface area contributed by atoms with Gasteiger partial charge in [0.1, 0.15) is 11.7 Å². The lowest BCUT2D eigenvalue weighted by Crippen LogP contribution is -2.13. The first kappa shape index (κ1) is 13.5. The molecule has 0 aliphatic heterocycles. The second kappa shape index (κ2) is 5.70. The maximum atomic E-state index is 12.1. The SMILES string of the molecule is CCC(C#N)C(=O)c1cc(Cl)c(OC)cc1C. The number of Topliss-reactive ketones (excluding diaryl/α,β-unsaturated/α-hetero) is 1. The van der Waals surface area contributed by atoms with E-state index in [0.29, 0.717) is 22.8 Å². The van der Waals surface area contributed by atoms with E-state index in [2.05, 4.69) is 0 Å². The van der Waals surface area contributed by atoms with Crippen molar-refractivity contribution in [3.05, 3.63) is 28.3 Å². The third-order valence-corrected chi connectivity index (χ3v) is 2.94. The highest BCUT2D eigenvalue weighted by atomic mass is 35.5. The summed E-state index contributed by atoms with van der Waals surface area (Å²) in [4.78, 5) is 12.1. The first-order valence-corrected chi connectivity index (χ1v) is 5.70. The Balaban J connectivity index is 3.20. The van der Waals surface area contributed by atoms with Crippen LogP contribution in [0.4, 0.5) is 0 Å². The predicted molar refractivity (Wildman–Crippen MR) is 66.5 cm³/mol. The molecule has 17 heavy (non-hydrogen) atoms. The Morgan fingerprint density at radius 2 is 2.24 bits per heavy atom. The molecule has 4 heteroatoms. The van der Waals surface area contributed by atoms with Crippen LogP contribution in [0.25, 0.3) is 0 Å². The van der Waals surface area contributed by atoms with E-state index in [0.717, 1.165) is 5.56 Å². The van der Waals surface area contributed by atoms with Gasteiger partial charge in [-0.05, 0) is 31.0 Å². The number of hydrogen-bond acceptors (Lipinski definition) is 3. The first-order chi connectivity index (χ1) is 8.04. The minimum absolute atomic E-state index is 0.183.